The molecule has 114 valence electrons. The van der Waals surface area contributed by atoms with Gasteiger partial charge >= 0.3 is 10.2 Å². The van der Waals surface area contributed by atoms with Crippen molar-refractivity contribution in [2.75, 3.05) is 8.13 Å². The van der Waals surface area contributed by atoms with E-state index < -0.39 is 16.1 Å². The Morgan fingerprint density at radius 2 is 1.41 bits per heavy atom. The molecule has 0 fully saturated rings. The van der Waals surface area contributed by atoms with Crippen molar-refractivity contribution in [2.45, 2.75) is 0 Å². The molecule has 0 aromatic heterocycles. The van der Waals surface area contributed by atoms with E-state index in [4.69, 9.17) is 11.8 Å². The molecule has 0 radical (unpaired) electrons. The molecule has 2 aromatic carbocycles. The molecule has 2 rings (SSSR count). The molecule has 0 bridgehead atoms. The summed E-state index contributed by atoms with van der Waals surface area (Å²) in [6.45, 7) is 3.34. The van der Waals surface area contributed by atoms with Gasteiger partial charge in [0.25, 0.3) is 5.91 Å². The topological polar surface area (TPSA) is 57.7 Å². The van der Waals surface area contributed by atoms with Crippen molar-refractivity contribution in [1.29, 1.82) is 0 Å². The number of halogens is 1. The molecule has 0 spiro atoms. The minimum Gasteiger partial charge on any atom is -0.268 e. The van der Waals surface area contributed by atoms with Crippen LogP contribution < -0.4 is 8.13 Å². The number of nitrogens with zero attached hydrogens (tertiary/aromatic N) is 2. The monoisotopic (exact) mass is 336 g/mol. The van der Waals surface area contributed by atoms with E-state index in [0.29, 0.717) is 8.13 Å². The maximum Gasteiger partial charge on any atom is 0.347 e. The molecule has 1 amide bonds. The third-order valence-electron chi connectivity index (χ3n) is 2.76. The molecular weight excluding hydrogens is 324 g/mol. The van der Waals surface area contributed by atoms with E-state index in [-0.39, 0.29) is 11.4 Å². The maximum atomic E-state index is 12.7. The Hall–Kier alpha value is -2.31. The van der Waals surface area contributed by atoms with Crippen LogP contribution in [0.15, 0.2) is 73.3 Å². The van der Waals surface area contributed by atoms with Crippen molar-refractivity contribution in [1.82, 2.24) is 0 Å². The molecule has 0 unspecified atom stereocenters. The number of rotatable bonds is 5. The summed E-state index contributed by atoms with van der Waals surface area (Å²) in [7, 11) is -4.31. The molecule has 0 saturated heterocycles. The number of amides is 1. The predicted molar refractivity (Wildman–Crippen MR) is 87.8 cm³/mol. The van der Waals surface area contributed by atoms with Gasteiger partial charge in [0.05, 0.1) is 11.4 Å². The molecule has 0 aliphatic carbocycles. The number of hydrogen-bond acceptors (Lipinski definition) is 3. The van der Waals surface area contributed by atoms with Crippen LogP contribution in [-0.4, -0.2) is 14.3 Å². The summed E-state index contributed by atoms with van der Waals surface area (Å²) >= 11 is 5.96. The highest BCUT2D eigenvalue weighted by Crippen LogP contribution is 2.26. The summed E-state index contributed by atoms with van der Waals surface area (Å²) in [5, 5.41) is 0. The fourth-order valence-corrected chi connectivity index (χ4v) is 3.29. The molecule has 0 N–H and O–H groups in total. The molecule has 0 heterocycles. The minimum absolute atomic E-state index is 0.175. The van der Waals surface area contributed by atoms with Gasteiger partial charge in [-0.3, -0.25) is 4.79 Å². The maximum absolute atomic E-state index is 12.7. The molecule has 0 aliphatic rings. The van der Waals surface area contributed by atoms with Crippen LogP contribution in [0.3, 0.4) is 0 Å². The van der Waals surface area contributed by atoms with Crippen LogP contribution in [0.1, 0.15) is 0 Å². The zero-order chi connectivity index (χ0) is 16.2. The molecule has 22 heavy (non-hydrogen) atoms. The summed E-state index contributed by atoms with van der Waals surface area (Å²) in [6.07, 6.45) is 0.917. The number of benzene rings is 2. The largest absolute Gasteiger partial charge is 0.347 e. The van der Waals surface area contributed by atoms with Crippen LogP contribution in [0.25, 0.3) is 0 Å². The van der Waals surface area contributed by atoms with Crippen molar-refractivity contribution < 1.29 is 13.2 Å². The van der Waals surface area contributed by atoms with Gasteiger partial charge in [-0.1, -0.05) is 43.0 Å². The van der Waals surface area contributed by atoms with Crippen LogP contribution in [0.5, 0.6) is 0 Å². The van der Waals surface area contributed by atoms with Crippen LogP contribution >= 0.6 is 11.8 Å². The molecule has 0 aliphatic heterocycles. The Bertz CT molecular complexity index is 764. The second kappa shape index (κ2) is 6.64. The number of carbonyl (C=O) groups excluding carboxylic acids is 1. The van der Waals surface area contributed by atoms with Gasteiger partial charge < -0.3 is 0 Å². The summed E-state index contributed by atoms with van der Waals surface area (Å²) in [4.78, 5) is 12.0. The third kappa shape index (κ3) is 3.13. The normalized spacial score (nSPS) is 10.8. The van der Waals surface area contributed by atoms with Gasteiger partial charge in [-0.15, -0.1) is 0 Å². The third-order valence-corrected chi connectivity index (χ3v) is 4.94. The number of para-hydroxylation sites is 2. The molecular formula is C15H13ClN2O3S. The lowest BCUT2D eigenvalue weighted by molar-refractivity contribution is -0.113. The van der Waals surface area contributed by atoms with Crippen LogP contribution in [0.2, 0.25) is 0 Å². The summed E-state index contributed by atoms with van der Waals surface area (Å²) in [5.41, 5.74) is 0.399. The van der Waals surface area contributed by atoms with E-state index in [1.165, 1.54) is 24.3 Å². The Labute approximate surface area is 134 Å². The van der Waals surface area contributed by atoms with E-state index in [0.717, 1.165) is 6.08 Å². The van der Waals surface area contributed by atoms with E-state index >= 15 is 0 Å². The molecule has 7 heteroatoms. The van der Waals surface area contributed by atoms with Crippen molar-refractivity contribution in [2.24, 2.45) is 0 Å². The van der Waals surface area contributed by atoms with Crippen molar-refractivity contribution in [3.63, 3.8) is 0 Å². The first-order valence-electron chi connectivity index (χ1n) is 6.26. The Morgan fingerprint density at radius 1 is 0.955 bits per heavy atom. The highest BCUT2D eigenvalue weighted by Gasteiger charge is 2.33. The standard InChI is InChI=1S/C15H13ClN2O3S/c1-2-15(19)17(13-9-5-3-6-10-13)22(20,21)18(16)14-11-7-4-8-12-14/h2-12H,1H2. The van der Waals surface area contributed by atoms with Gasteiger partial charge in [0.2, 0.25) is 0 Å². The highest BCUT2D eigenvalue weighted by molar-refractivity contribution is 7.96. The quantitative estimate of drug-likeness (QED) is 0.622. The lowest BCUT2D eigenvalue weighted by atomic mass is 10.3. The average Bonchev–Trinajstić information content (AvgIpc) is 2.55. The zero-order valence-electron chi connectivity index (χ0n) is 11.5. The first-order chi connectivity index (χ1) is 10.5. The SMILES string of the molecule is C=CC(=O)N(c1ccccc1)S(=O)(=O)N(Cl)c1ccccc1. The Morgan fingerprint density at radius 3 is 1.86 bits per heavy atom. The fraction of sp³-hybridized carbons (Fsp3) is 0. The van der Waals surface area contributed by atoms with Crippen LogP contribution in [-0.2, 0) is 15.0 Å². The lowest BCUT2D eigenvalue weighted by Gasteiger charge is -2.25. The predicted octanol–water partition coefficient (Wildman–Crippen LogP) is 3.11. The summed E-state index contributed by atoms with van der Waals surface area (Å²) in [5.74, 6) is -0.798. The minimum atomic E-state index is -4.31. The fourth-order valence-electron chi connectivity index (χ4n) is 1.77. The molecule has 5 nitrogen and oxygen atoms in total. The van der Waals surface area contributed by atoms with Gasteiger partial charge in [-0.25, -0.2) is 0 Å². The smallest absolute Gasteiger partial charge is 0.268 e. The van der Waals surface area contributed by atoms with Gasteiger partial charge in [0.1, 0.15) is 0 Å². The van der Waals surface area contributed by atoms with Crippen LogP contribution in [0.4, 0.5) is 11.4 Å². The van der Waals surface area contributed by atoms with E-state index in [1.807, 2.05) is 0 Å². The second-order valence-electron chi connectivity index (χ2n) is 4.20. The number of anilines is 2. The first kappa shape index (κ1) is 16.1. The summed E-state index contributed by atoms with van der Waals surface area (Å²) in [6, 6.07) is 16.0. The van der Waals surface area contributed by atoms with Crippen molar-refractivity contribution in [3.05, 3.63) is 73.3 Å². The Kier molecular flexibility index (Phi) is 4.85. The van der Waals surface area contributed by atoms with Gasteiger partial charge in [0.15, 0.2) is 0 Å². The zero-order valence-corrected chi connectivity index (χ0v) is 13.0. The summed E-state index contributed by atoms with van der Waals surface area (Å²) < 4.78 is 26.5. The van der Waals surface area contributed by atoms with Gasteiger partial charge in [-0.2, -0.15) is 16.5 Å². The molecule has 0 saturated carbocycles. The number of carbonyl (C=O) groups is 1. The molecule has 0 atom stereocenters. The second-order valence-corrected chi connectivity index (χ2v) is 6.36. The van der Waals surface area contributed by atoms with E-state index in [1.54, 1.807) is 36.4 Å². The van der Waals surface area contributed by atoms with E-state index in [2.05, 4.69) is 6.58 Å². The van der Waals surface area contributed by atoms with Gasteiger partial charge in [-0.05, 0) is 30.3 Å². The van der Waals surface area contributed by atoms with Crippen molar-refractivity contribution >= 4 is 39.3 Å². The van der Waals surface area contributed by atoms with Crippen LogP contribution in [0, 0.1) is 0 Å². The average molecular weight is 337 g/mol. The van der Waals surface area contributed by atoms with Crippen molar-refractivity contribution in [3.8, 4) is 0 Å². The lowest BCUT2D eigenvalue weighted by Crippen LogP contribution is -2.43. The molecule has 2 aromatic rings. The Balaban J connectivity index is 2.51. The highest BCUT2D eigenvalue weighted by atomic mass is 35.5. The number of hydrogen-bond donors (Lipinski definition) is 0. The first-order valence-corrected chi connectivity index (χ1v) is 8.00. The van der Waals surface area contributed by atoms with E-state index in [9.17, 15) is 13.2 Å². The van der Waals surface area contributed by atoms with Gasteiger partial charge in [0, 0.05) is 11.8 Å².